The molecule has 1 aromatic rings. The summed E-state index contributed by atoms with van der Waals surface area (Å²) in [4.78, 5) is 21.9. The van der Waals surface area contributed by atoms with Crippen LogP contribution in [-0.4, -0.2) is 22.9 Å². The summed E-state index contributed by atoms with van der Waals surface area (Å²) < 4.78 is 0. The van der Waals surface area contributed by atoms with Crippen LogP contribution in [0, 0.1) is 10.1 Å². The summed E-state index contributed by atoms with van der Waals surface area (Å²) in [5.41, 5.74) is 0.400. The lowest BCUT2D eigenvalue weighted by molar-refractivity contribution is -0.384. The van der Waals surface area contributed by atoms with Gasteiger partial charge in [-0.05, 0) is 32.4 Å². The Hall–Kier alpha value is -1.66. The largest absolute Gasteiger partial charge is 0.351 e. The van der Waals surface area contributed by atoms with E-state index in [-0.39, 0.29) is 22.2 Å². The maximum absolute atomic E-state index is 11.6. The summed E-state index contributed by atoms with van der Waals surface area (Å²) in [6, 6.07) is 4.66. The van der Waals surface area contributed by atoms with Crippen molar-refractivity contribution in [3.05, 3.63) is 38.9 Å². The predicted octanol–water partition coefficient (Wildman–Crippen LogP) is 2.64. The summed E-state index contributed by atoms with van der Waals surface area (Å²) in [5, 5.41) is 16.8. The number of benzene rings is 1. The normalized spacial score (nSPS) is 11.2. The zero-order chi connectivity index (χ0) is 16.0. The number of nitrogens with zero attached hydrogens (tertiary/aromatic N) is 1. The third-order valence-corrected chi connectivity index (χ3v) is 2.90. The average Bonchev–Trinajstić information content (AvgIpc) is 2.34. The van der Waals surface area contributed by atoms with Gasteiger partial charge in [0.05, 0.1) is 4.92 Å². The molecular formula is C14H20ClN3O3. The summed E-state index contributed by atoms with van der Waals surface area (Å²) in [6.45, 7) is 6.71. The fourth-order valence-corrected chi connectivity index (χ4v) is 1.91. The number of nitrogens with one attached hydrogen (secondary N) is 2. The van der Waals surface area contributed by atoms with Crippen LogP contribution in [0.2, 0.25) is 5.02 Å². The van der Waals surface area contributed by atoms with Crippen molar-refractivity contribution in [3.8, 4) is 0 Å². The lowest BCUT2D eigenvalue weighted by Crippen LogP contribution is -2.41. The van der Waals surface area contributed by atoms with Crippen LogP contribution in [0.15, 0.2) is 18.2 Å². The molecule has 21 heavy (non-hydrogen) atoms. The first-order chi connectivity index (χ1) is 9.69. The van der Waals surface area contributed by atoms with E-state index in [9.17, 15) is 14.9 Å². The monoisotopic (exact) mass is 313 g/mol. The first-order valence-electron chi connectivity index (χ1n) is 6.63. The Morgan fingerprint density at radius 2 is 2.05 bits per heavy atom. The maximum Gasteiger partial charge on any atom is 0.288 e. The zero-order valence-electron chi connectivity index (χ0n) is 12.4. The molecule has 0 atom stereocenters. The minimum Gasteiger partial charge on any atom is -0.351 e. The number of carbonyl (C=O) groups excluding carboxylic acids is 1. The fourth-order valence-electron chi connectivity index (χ4n) is 1.72. The topological polar surface area (TPSA) is 84.3 Å². The second kappa shape index (κ2) is 7.38. The van der Waals surface area contributed by atoms with Gasteiger partial charge in [-0.2, -0.15) is 0 Å². The van der Waals surface area contributed by atoms with Crippen LogP contribution in [0.1, 0.15) is 32.8 Å². The smallest absolute Gasteiger partial charge is 0.288 e. The van der Waals surface area contributed by atoms with Gasteiger partial charge in [0.1, 0.15) is 5.02 Å². The van der Waals surface area contributed by atoms with Crippen molar-refractivity contribution >= 4 is 23.2 Å². The van der Waals surface area contributed by atoms with E-state index in [1.54, 1.807) is 6.07 Å². The van der Waals surface area contributed by atoms with Gasteiger partial charge in [0.2, 0.25) is 5.91 Å². The number of nitro groups is 1. The summed E-state index contributed by atoms with van der Waals surface area (Å²) in [7, 11) is 0. The Kier molecular flexibility index (Phi) is 6.11. The Morgan fingerprint density at radius 1 is 1.38 bits per heavy atom. The van der Waals surface area contributed by atoms with Crippen molar-refractivity contribution in [2.75, 3.05) is 6.54 Å². The van der Waals surface area contributed by atoms with E-state index < -0.39 is 4.92 Å². The molecule has 1 rings (SSSR count). The van der Waals surface area contributed by atoms with E-state index in [1.807, 2.05) is 20.8 Å². The van der Waals surface area contributed by atoms with Gasteiger partial charge in [-0.25, -0.2) is 0 Å². The van der Waals surface area contributed by atoms with Crippen molar-refractivity contribution in [1.29, 1.82) is 0 Å². The van der Waals surface area contributed by atoms with Crippen LogP contribution in [0.25, 0.3) is 0 Å². The maximum atomic E-state index is 11.6. The number of nitro benzene ring substituents is 1. The molecule has 1 aromatic carbocycles. The van der Waals surface area contributed by atoms with Crippen molar-refractivity contribution in [3.63, 3.8) is 0 Å². The number of carbonyl (C=O) groups is 1. The molecule has 0 radical (unpaired) electrons. The Morgan fingerprint density at radius 3 is 2.62 bits per heavy atom. The quantitative estimate of drug-likeness (QED) is 0.480. The number of amides is 1. The molecule has 2 N–H and O–H groups in total. The second-order valence-electron chi connectivity index (χ2n) is 5.77. The molecule has 7 heteroatoms. The highest BCUT2D eigenvalue weighted by molar-refractivity contribution is 6.32. The van der Waals surface area contributed by atoms with Gasteiger partial charge in [0.15, 0.2) is 0 Å². The van der Waals surface area contributed by atoms with E-state index in [0.29, 0.717) is 19.5 Å². The molecule has 0 heterocycles. The minimum absolute atomic E-state index is 0.0305. The van der Waals surface area contributed by atoms with Gasteiger partial charge >= 0.3 is 0 Å². The SMILES string of the molecule is CC(C)(C)NC(=O)CCNCc1ccc(Cl)c([N+](=O)[O-])c1. The van der Waals surface area contributed by atoms with Crippen LogP contribution < -0.4 is 10.6 Å². The fraction of sp³-hybridized carbons (Fsp3) is 0.500. The Bertz CT molecular complexity index is 527. The molecule has 1 amide bonds. The van der Waals surface area contributed by atoms with E-state index in [2.05, 4.69) is 10.6 Å². The molecular weight excluding hydrogens is 294 g/mol. The van der Waals surface area contributed by atoms with Gasteiger partial charge in [-0.1, -0.05) is 17.7 Å². The lowest BCUT2D eigenvalue weighted by atomic mass is 10.1. The first kappa shape index (κ1) is 17.4. The van der Waals surface area contributed by atoms with Crippen molar-refractivity contribution in [1.82, 2.24) is 10.6 Å². The van der Waals surface area contributed by atoms with E-state index in [0.717, 1.165) is 5.56 Å². The molecule has 0 saturated heterocycles. The van der Waals surface area contributed by atoms with Crippen LogP contribution in [0.3, 0.4) is 0 Å². The van der Waals surface area contributed by atoms with Crippen molar-refractivity contribution in [2.45, 2.75) is 39.3 Å². The van der Waals surface area contributed by atoms with Crippen LogP contribution in [0.4, 0.5) is 5.69 Å². The molecule has 0 aliphatic heterocycles. The highest BCUT2D eigenvalue weighted by atomic mass is 35.5. The predicted molar refractivity (Wildman–Crippen MR) is 82.3 cm³/mol. The number of halogens is 1. The lowest BCUT2D eigenvalue weighted by Gasteiger charge is -2.20. The summed E-state index contributed by atoms with van der Waals surface area (Å²) in [6.07, 6.45) is 0.354. The van der Waals surface area contributed by atoms with Gasteiger partial charge in [0, 0.05) is 31.1 Å². The molecule has 0 spiro atoms. The van der Waals surface area contributed by atoms with Gasteiger partial charge in [-0.15, -0.1) is 0 Å². The number of hydrogen-bond acceptors (Lipinski definition) is 4. The van der Waals surface area contributed by atoms with Gasteiger partial charge in [-0.3, -0.25) is 14.9 Å². The molecule has 6 nitrogen and oxygen atoms in total. The van der Waals surface area contributed by atoms with Crippen molar-refractivity contribution < 1.29 is 9.72 Å². The highest BCUT2D eigenvalue weighted by Gasteiger charge is 2.14. The Labute approximate surface area is 129 Å². The second-order valence-corrected chi connectivity index (χ2v) is 6.18. The van der Waals surface area contributed by atoms with E-state index >= 15 is 0 Å². The molecule has 0 fully saturated rings. The third kappa shape index (κ3) is 6.55. The van der Waals surface area contributed by atoms with E-state index in [4.69, 9.17) is 11.6 Å². The zero-order valence-corrected chi connectivity index (χ0v) is 13.2. The summed E-state index contributed by atoms with van der Waals surface area (Å²) in [5.74, 6) is -0.0305. The standard InChI is InChI=1S/C14H20ClN3O3/c1-14(2,3)17-13(19)6-7-16-9-10-4-5-11(15)12(8-10)18(20)21/h4-5,8,16H,6-7,9H2,1-3H3,(H,17,19). The number of hydrogen-bond donors (Lipinski definition) is 2. The van der Waals surface area contributed by atoms with Crippen LogP contribution in [-0.2, 0) is 11.3 Å². The Balaban J connectivity index is 2.41. The summed E-state index contributed by atoms with van der Waals surface area (Å²) >= 11 is 5.74. The molecule has 0 aliphatic rings. The minimum atomic E-state index is -0.511. The average molecular weight is 314 g/mol. The molecule has 0 unspecified atom stereocenters. The first-order valence-corrected chi connectivity index (χ1v) is 7.01. The highest BCUT2D eigenvalue weighted by Crippen LogP contribution is 2.24. The molecule has 0 aromatic heterocycles. The van der Waals surface area contributed by atoms with Crippen molar-refractivity contribution in [2.24, 2.45) is 0 Å². The molecule has 0 aliphatic carbocycles. The molecule has 0 saturated carbocycles. The van der Waals surface area contributed by atoms with Gasteiger partial charge < -0.3 is 10.6 Å². The van der Waals surface area contributed by atoms with Gasteiger partial charge in [0.25, 0.3) is 5.69 Å². The van der Waals surface area contributed by atoms with Crippen LogP contribution >= 0.6 is 11.6 Å². The van der Waals surface area contributed by atoms with E-state index in [1.165, 1.54) is 12.1 Å². The molecule has 0 bridgehead atoms. The van der Waals surface area contributed by atoms with Crippen LogP contribution in [0.5, 0.6) is 0 Å². The third-order valence-electron chi connectivity index (χ3n) is 2.58. The molecule has 116 valence electrons. The number of rotatable bonds is 6.